The van der Waals surface area contributed by atoms with Crippen LogP contribution in [0.2, 0.25) is 0 Å². The summed E-state index contributed by atoms with van der Waals surface area (Å²) in [5, 5.41) is 0.981. The standard InChI is InChI=1S/C15H19BO4/c1-14(2)15(3,4)20-16(19-14)12-9-10-7-6-8-11(17-5)13(10)18-12/h6-9H,1-5H3. The zero-order valence-corrected chi connectivity index (χ0v) is 12.5. The first-order valence-corrected chi connectivity index (χ1v) is 6.76. The number of para-hydroxylation sites is 1. The first-order chi connectivity index (χ1) is 9.34. The molecule has 0 N–H and O–H groups in total. The average molecular weight is 274 g/mol. The third-order valence-electron chi connectivity index (χ3n) is 4.23. The fraction of sp³-hybridized carbons (Fsp3) is 0.467. The molecule has 20 heavy (non-hydrogen) atoms. The van der Waals surface area contributed by atoms with Gasteiger partial charge in [0.05, 0.1) is 18.3 Å². The zero-order chi connectivity index (χ0) is 14.5. The van der Waals surface area contributed by atoms with E-state index in [1.165, 1.54) is 0 Å². The van der Waals surface area contributed by atoms with E-state index in [0.717, 1.165) is 11.0 Å². The van der Waals surface area contributed by atoms with Gasteiger partial charge < -0.3 is 18.5 Å². The Balaban J connectivity index is 2.00. The Bertz CT molecular complexity index is 628. The Morgan fingerprint density at radius 3 is 2.30 bits per heavy atom. The Hall–Kier alpha value is -1.46. The van der Waals surface area contributed by atoms with E-state index >= 15 is 0 Å². The maximum Gasteiger partial charge on any atom is 0.532 e. The van der Waals surface area contributed by atoms with Crippen LogP contribution in [-0.2, 0) is 9.31 Å². The summed E-state index contributed by atoms with van der Waals surface area (Å²) in [6, 6.07) is 7.74. The van der Waals surface area contributed by atoms with Gasteiger partial charge >= 0.3 is 7.12 Å². The van der Waals surface area contributed by atoms with Gasteiger partial charge in [0.25, 0.3) is 0 Å². The molecule has 1 aromatic carbocycles. The van der Waals surface area contributed by atoms with Crippen molar-refractivity contribution in [2.24, 2.45) is 0 Å². The van der Waals surface area contributed by atoms with Crippen LogP contribution in [0.3, 0.4) is 0 Å². The first kappa shape index (κ1) is 13.5. The molecule has 0 saturated carbocycles. The van der Waals surface area contributed by atoms with Crippen molar-refractivity contribution in [1.82, 2.24) is 0 Å². The molecule has 1 aromatic heterocycles. The lowest BCUT2D eigenvalue weighted by Crippen LogP contribution is -2.41. The second-order valence-electron chi connectivity index (χ2n) is 6.12. The van der Waals surface area contributed by atoms with Crippen LogP contribution in [0.5, 0.6) is 5.75 Å². The first-order valence-electron chi connectivity index (χ1n) is 6.76. The number of benzene rings is 1. The van der Waals surface area contributed by atoms with Crippen molar-refractivity contribution >= 4 is 23.7 Å². The predicted octanol–water partition coefficient (Wildman–Crippen LogP) is 2.74. The van der Waals surface area contributed by atoms with E-state index < -0.39 is 7.12 Å². The topological polar surface area (TPSA) is 40.8 Å². The molecule has 0 amide bonds. The van der Waals surface area contributed by atoms with E-state index in [0.29, 0.717) is 11.4 Å². The van der Waals surface area contributed by atoms with Crippen LogP contribution in [-0.4, -0.2) is 25.4 Å². The van der Waals surface area contributed by atoms with Gasteiger partial charge in [0, 0.05) is 5.39 Å². The van der Waals surface area contributed by atoms with E-state index in [1.54, 1.807) is 7.11 Å². The summed E-state index contributed by atoms with van der Waals surface area (Å²) >= 11 is 0. The summed E-state index contributed by atoms with van der Waals surface area (Å²) < 4.78 is 23.2. The number of furan rings is 1. The Morgan fingerprint density at radius 2 is 1.70 bits per heavy atom. The highest BCUT2D eigenvalue weighted by atomic mass is 16.7. The van der Waals surface area contributed by atoms with E-state index in [1.807, 2.05) is 52.0 Å². The highest BCUT2D eigenvalue weighted by molar-refractivity contribution is 6.61. The van der Waals surface area contributed by atoms with Gasteiger partial charge in [-0.15, -0.1) is 0 Å². The van der Waals surface area contributed by atoms with Crippen LogP contribution in [0.15, 0.2) is 28.7 Å². The molecule has 1 aliphatic rings. The molecule has 2 aromatic rings. The molecule has 106 valence electrons. The third-order valence-corrected chi connectivity index (χ3v) is 4.23. The van der Waals surface area contributed by atoms with E-state index in [2.05, 4.69) is 0 Å². The SMILES string of the molecule is COc1cccc2cc(B3OC(C)(C)C(C)(C)O3)oc12. The monoisotopic (exact) mass is 274 g/mol. The van der Waals surface area contributed by atoms with Crippen molar-refractivity contribution in [2.75, 3.05) is 7.11 Å². The smallest absolute Gasteiger partial charge is 0.493 e. The maximum absolute atomic E-state index is 6.00. The predicted molar refractivity (Wildman–Crippen MR) is 78.5 cm³/mol. The van der Waals surface area contributed by atoms with E-state index in [-0.39, 0.29) is 11.2 Å². The molecule has 0 aliphatic carbocycles. The lowest BCUT2D eigenvalue weighted by molar-refractivity contribution is 0.00578. The molecule has 0 atom stereocenters. The van der Waals surface area contributed by atoms with Gasteiger partial charge in [-0.2, -0.15) is 0 Å². The number of fused-ring (bicyclic) bond motifs is 1. The van der Waals surface area contributed by atoms with Crippen molar-refractivity contribution in [2.45, 2.75) is 38.9 Å². The van der Waals surface area contributed by atoms with Crippen LogP contribution in [0.25, 0.3) is 11.0 Å². The van der Waals surface area contributed by atoms with Gasteiger partial charge in [-0.25, -0.2) is 0 Å². The van der Waals surface area contributed by atoms with Crippen molar-refractivity contribution < 1.29 is 18.5 Å². The van der Waals surface area contributed by atoms with Gasteiger partial charge in [-0.1, -0.05) is 12.1 Å². The summed E-state index contributed by atoms with van der Waals surface area (Å²) in [4.78, 5) is 0. The minimum atomic E-state index is -0.489. The molecule has 5 heteroatoms. The molecule has 3 rings (SSSR count). The number of methoxy groups -OCH3 is 1. The molecule has 0 spiro atoms. The Labute approximate surface area is 119 Å². The minimum absolute atomic E-state index is 0.374. The quantitative estimate of drug-likeness (QED) is 0.789. The average Bonchev–Trinajstić information content (AvgIpc) is 2.88. The van der Waals surface area contributed by atoms with Crippen LogP contribution in [0.4, 0.5) is 0 Å². The van der Waals surface area contributed by atoms with Gasteiger partial charge in [-0.05, 0) is 39.8 Å². The summed E-state index contributed by atoms with van der Waals surface area (Å²) in [5.74, 6) is 0.713. The minimum Gasteiger partial charge on any atom is -0.493 e. The van der Waals surface area contributed by atoms with Crippen molar-refractivity contribution in [1.29, 1.82) is 0 Å². The van der Waals surface area contributed by atoms with E-state index in [4.69, 9.17) is 18.5 Å². The maximum atomic E-state index is 6.00. The Kier molecular flexibility index (Phi) is 2.89. The van der Waals surface area contributed by atoms with Crippen LogP contribution < -0.4 is 10.4 Å². The summed E-state index contributed by atoms with van der Waals surface area (Å²) in [6.45, 7) is 8.10. The van der Waals surface area contributed by atoms with Gasteiger partial charge in [0.15, 0.2) is 11.3 Å². The second kappa shape index (κ2) is 4.27. The Morgan fingerprint density at radius 1 is 1.05 bits per heavy atom. The van der Waals surface area contributed by atoms with Crippen LogP contribution >= 0.6 is 0 Å². The molecule has 0 radical (unpaired) electrons. The normalized spacial score (nSPS) is 20.6. The van der Waals surface area contributed by atoms with Crippen molar-refractivity contribution in [3.05, 3.63) is 24.3 Å². The largest absolute Gasteiger partial charge is 0.532 e. The van der Waals surface area contributed by atoms with Gasteiger partial charge in [0.2, 0.25) is 0 Å². The van der Waals surface area contributed by atoms with Crippen molar-refractivity contribution in [3.63, 3.8) is 0 Å². The van der Waals surface area contributed by atoms with Gasteiger partial charge in [0.1, 0.15) is 5.66 Å². The molecule has 0 unspecified atom stereocenters. The number of hydrogen-bond acceptors (Lipinski definition) is 4. The van der Waals surface area contributed by atoms with Crippen molar-refractivity contribution in [3.8, 4) is 5.75 Å². The molecule has 4 nitrogen and oxygen atoms in total. The highest BCUT2D eigenvalue weighted by Gasteiger charge is 2.53. The molecule has 1 saturated heterocycles. The summed E-state index contributed by atoms with van der Waals surface area (Å²) in [5.41, 5.74) is 0.643. The number of hydrogen-bond donors (Lipinski definition) is 0. The number of rotatable bonds is 2. The lowest BCUT2D eigenvalue weighted by atomic mass is 9.86. The summed E-state index contributed by atoms with van der Waals surface area (Å²) in [6.07, 6.45) is 0. The van der Waals surface area contributed by atoms with E-state index in [9.17, 15) is 0 Å². The fourth-order valence-electron chi connectivity index (χ4n) is 2.29. The lowest BCUT2D eigenvalue weighted by Gasteiger charge is -2.32. The molecule has 2 heterocycles. The van der Waals surface area contributed by atoms with Crippen LogP contribution in [0, 0.1) is 0 Å². The molecular formula is C15H19BO4. The molecule has 0 bridgehead atoms. The third kappa shape index (κ3) is 1.93. The molecule has 1 fully saturated rings. The second-order valence-corrected chi connectivity index (χ2v) is 6.12. The molecular weight excluding hydrogens is 255 g/mol. The molecule has 1 aliphatic heterocycles. The zero-order valence-electron chi connectivity index (χ0n) is 12.5. The fourth-order valence-corrected chi connectivity index (χ4v) is 2.29. The van der Waals surface area contributed by atoms with Gasteiger partial charge in [-0.3, -0.25) is 0 Å². The van der Waals surface area contributed by atoms with Crippen LogP contribution in [0.1, 0.15) is 27.7 Å². The number of ether oxygens (including phenoxy) is 1. The highest BCUT2D eigenvalue weighted by Crippen LogP contribution is 2.37. The summed E-state index contributed by atoms with van der Waals surface area (Å²) in [7, 11) is 1.14.